The largest absolute Gasteiger partial charge is 0.507 e. The van der Waals surface area contributed by atoms with Crippen LogP contribution in [0.15, 0.2) is 36.5 Å². The Hall–Kier alpha value is -2.69. The van der Waals surface area contributed by atoms with Crippen LogP contribution in [0.2, 0.25) is 0 Å². The molecule has 3 rings (SSSR count). The van der Waals surface area contributed by atoms with E-state index in [-0.39, 0.29) is 28.5 Å². The van der Waals surface area contributed by atoms with Gasteiger partial charge >= 0.3 is 0 Å². The van der Waals surface area contributed by atoms with E-state index in [1.54, 1.807) is 26.0 Å². The Morgan fingerprint density at radius 1 is 1.09 bits per heavy atom. The molecule has 0 atom stereocenters. The number of aromatic hydroxyl groups is 2. The first-order valence-corrected chi connectivity index (χ1v) is 6.95. The molecule has 4 nitrogen and oxygen atoms in total. The minimum Gasteiger partial charge on any atom is -0.507 e. The first kappa shape index (κ1) is 14.3. The van der Waals surface area contributed by atoms with Crippen molar-refractivity contribution >= 4 is 11.0 Å². The van der Waals surface area contributed by atoms with Crippen LogP contribution < -0.4 is 0 Å². The summed E-state index contributed by atoms with van der Waals surface area (Å²) in [5, 5.41) is 20.1. The van der Waals surface area contributed by atoms with Gasteiger partial charge in [-0.25, -0.2) is 9.37 Å². The molecule has 0 aliphatic carbocycles. The number of hydrogen-bond donors (Lipinski definition) is 2. The fraction of sp³-hybridized carbons (Fsp3) is 0.176. The summed E-state index contributed by atoms with van der Waals surface area (Å²) >= 11 is 0. The first-order chi connectivity index (χ1) is 10.5. The van der Waals surface area contributed by atoms with Gasteiger partial charge in [0, 0.05) is 11.1 Å². The number of rotatable bonds is 2. The second-order valence-electron chi connectivity index (χ2n) is 5.42. The van der Waals surface area contributed by atoms with Crippen LogP contribution in [0.4, 0.5) is 4.39 Å². The second-order valence-corrected chi connectivity index (χ2v) is 5.42. The average Bonchev–Trinajstić information content (AvgIpc) is 2.50. The number of phenols is 2. The average molecular weight is 298 g/mol. The monoisotopic (exact) mass is 298 g/mol. The molecule has 0 saturated heterocycles. The minimum atomic E-state index is -0.800. The van der Waals surface area contributed by atoms with Gasteiger partial charge in [-0.3, -0.25) is 4.98 Å². The zero-order valence-electron chi connectivity index (χ0n) is 12.2. The standard InChI is InChI=1S/C17H15FN2O2/c1-9(2)15-14(21)7-10(16(18)17(15)22)13-8-19-11-5-3-4-6-12(11)20-13/h3-9,21-22H,1-2H3. The molecule has 0 aliphatic heterocycles. The number of phenolic OH excluding ortho intramolecular Hbond substituents is 2. The van der Waals surface area contributed by atoms with E-state index >= 15 is 0 Å². The van der Waals surface area contributed by atoms with Gasteiger partial charge in [0.25, 0.3) is 0 Å². The van der Waals surface area contributed by atoms with Crippen LogP contribution in [0.3, 0.4) is 0 Å². The summed E-state index contributed by atoms with van der Waals surface area (Å²) in [6, 6.07) is 8.51. The third kappa shape index (κ3) is 2.24. The normalized spacial score (nSPS) is 11.3. The number of nitrogens with zero attached hydrogens (tertiary/aromatic N) is 2. The lowest BCUT2D eigenvalue weighted by atomic mass is 9.97. The molecule has 0 radical (unpaired) electrons. The van der Waals surface area contributed by atoms with Crippen molar-refractivity contribution in [1.82, 2.24) is 9.97 Å². The van der Waals surface area contributed by atoms with Gasteiger partial charge in [-0.2, -0.15) is 0 Å². The summed E-state index contributed by atoms with van der Waals surface area (Å²) < 4.78 is 14.5. The zero-order valence-corrected chi connectivity index (χ0v) is 12.2. The van der Waals surface area contributed by atoms with Crippen molar-refractivity contribution in [1.29, 1.82) is 0 Å². The lowest BCUT2D eigenvalue weighted by Crippen LogP contribution is -1.97. The maximum absolute atomic E-state index is 14.5. The molecule has 5 heteroatoms. The molecular formula is C17H15FN2O2. The van der Waals surface area contributed by atoms with Crippen molar-refractivity contribution in [2.45, 2.75) is 19.8 Å². The lowest BCUT2D eigenvalue weighted by Gasteiger charge is -2.14. The summed E-state index contributed by atoms with van der Waals surface area (Å²) in [4.78, 5) is 8.56. The first-order valence-electron chi connectivity index (χ1n) is 6.95. The Morgan fingerprint density at radius 2 is 1.77 bits per heavy atom. The highest BCUT2D eigenvalue weighted by molar-refractivity contribution is 5.78. The van der Waals surface area contributed by atoms with E-state index in [1.165, 1.54) is 12.3 Å². The molecule has 2 aromatic carbocycles. The molecule has 0 unspecified atom stereocenters. The van der Waals surface area contributed by atoms with Crippen LogP contribution in [0.25, 0.3) is 22.3 Å². The minimum absolute atomic E-state index is 0.0256. The molecule has 2 N–H and O–H groups in total. The molecule has 0 amide bonds. The van der Waals surface area contributed by atoms with Gasteiger partial charge in [0.05, 0.1) is 22.9 Å². The van der Waals surface area contributed by atoms with Crippen molar-refractivity contribution in [3.05, 3.63) is 47.9 Å². The van der Waals surface area contributed by atoms with E-state index < -0.39 is 11.6 Å². The van der Waals surface area contributed by atoms with E-state index in [1.807, 2.05) is 12.1 Å². The van der Waals surface area contributed by atoms with E-state index in [2.05, 4.69) is 9.97 Å². The molecule has 0 saturated carbocycles. The van der Waals surface area contributed by atoms with Crippen molar-refractivity contribution in [3.8, 4) is 22.8 Å². The Bertz CT molecular complexity index is 863. The van der Waals surface area contributed by atoms with Gasteiger partial charge in [-0.1, -0.05) is 26.0 Å². The van der Waals surface area contributed by atoms with E-state index in [0.717, 1.165) is 0 Å². The van der Waals surface area contributed by atoms with Gasteiger partial charge in [0.15, 0.2) is 11.6 Å². The smallest absolute Gasteiger partial charge is 0.174 e. The number of aromatic nitrogens is 2. The summed E-state index contributed by atoms with van der Waals surface area (Å²) in [5.74, 6) is -1.70. The zero-order chi connectivity index (χ0) is 15.9. The van der Waals surface area contributed by atoms with Crippen LogP contribution in [0.5, 0.6) is 11.5 Å². The lowest BCUT2D eigenvalue weighted by molar-refractivity contribution is 0.406. The number of halogens is 1. The van der Waals surface area contributed by atoms with E-state index in [0.29, 0.717) is 11.0 Å². The van der Waals surface area contributed by atoms with Crippen LogP contribution in [0.1, 0.15) is 25.3 Å². The molecule has 112 valence electrons. The summed E-state index contributed by atoms with van der Waals surface area (Å²) in [6.07, 6.45) is 1.43. The van der Waals surface area contributed by atoms with Crippen molar-refractivity contribution in [2.24, 2.45) is 0 Å². The van der Waals surface area contributed by atoms with E-state index in [4.69, 9.17) is 0 Å². The number of fused-ring (bicyclic) bond motifs is 1. The van der Waals surface area contributed by atoms with Gasteiger partial charge in [0.2, 0.25) is 0 Å². The Morgan fingerprint density at radius 3 is 2.45 bits per heavy atom. The number of hydrogen-bond acceptors (Lipinski definition) is 4. The molecule has 0 bridgehead atoms. The third-order valence-electron chi connectivity index (χ3n) is 3.56. The Labute approximate surface area is 126 Å². The van der Waals surface area contributed by atoms with Crippen LogP contribution in [-0.4, -0.2) is 20.2 Å². The molecule has 0 spiro atoms. The molecule has 1 heterocycles. The fourth-order valence-electron chi connectivity index (χ4n) is 2.49. The highest BCUT2D eigenvalue weighted by Crippen LogP contribution is 2.40. The van der Waals surface area contributed by atoms with Crippen molar-refractivity contribution in [3.63, 3.8) is 0 Å². The third-order valence-corrected chi connectivity index (χ3v) is 3.56. The van der Waals surface area contributed by atoms with E-state index in [9.17, 15) is 14.6 Å². The molecule has 0 aliphatic rings. The Balaban J connectivity index is 2.22. The van der Waals surface area contributed by atoms with Gasteiger partial charge in [0.1, 0.15) is 5.75 Å². The van der Waals surface area contributed by atoms with Crippen molar-refractivity contribution < 1.29 is 14.6 Å². The number of benzene rings is 2. The van der Waals surface area contributed by atoms with Gasteiger partial charge < -0.3 is 10.2 Å². The Kier molecular flexibility index (Phi) is 3.41. The van der Waals surface area contributed by atoms with Gasteiger partial charge in [-0.15, -0.1) is 0 Å². The molecule has 0 fully saturated rings. The number of para-hydroxylation sites is 2. The second kappa shape index (κ2) is 5.26. The van der Waals surface area contributed by atoms with Crippen LogP contribution >= 0.6 is 0 Å². The predicted molar refractivity (Wildman–Crippen MR) is 82.4 cm³/mol. The fourth-order valence-corrected chi connectivity index (χ4v) is 2.49. The SMILES string of the molecule is CC(C)c1c(O)cc(-c2cnc3ccccc3n2)c(F)c1O. The molecular weight excluding hydrogens is 283 g/mol. The summed E-state index contributed by atoms with van der Waals surface area (Å²) in [7, 11) is 0. The predicted octanol–water partition coefficient (Wildman–Crippen LogP) is 3.97. The summed E-state index contributed by atoms with van der Waals surface area (Å²) in [6.45, 7) is 3.54. The maximum atomic E-state index is 14.5. The van der Waals surface area contributed by atoms with Crippen molar-refractivity contribution in [2.75, 3.05) is 0 Å². The summed E-state index contributed by atoms with van der Waals surface area (Å²) in [5.41, 5.74) is 1.79. The molecule has 22 heavy (non-hydrogen) atoms. The van der Waals surface area contributed by atoms with Crippen LogP contribution in [0, 0.1) is 5.82 Å². The molecule has 1 aromatic heterocycles. The topological polar surface area (TPSA) is 66.2 Å². The van der Waals surface area contributed by atoms with Gasteiger partial charge in [-0.05, 0) is 24.1 Å². The molecule has 3 aromatic rings. The quantitative estimate of drug-likeness (QED) is 0.751. The maximum Gasteiger partial charge on any atom is 0.174 e. The highest BCUT2D eigenvalue weighted by atomic mass is 19.1. The highest BCUT2D eigenvalue weighted by Gasteiger charge is 2.21. The van der Waals surface area contributed by atoms with Crippen LogP contribution in [-0.2, 0) is 0 Å².